The predicted molar refractivity (Wildman–Crippen MR) is 77.4 cm³/mol. The lowest BCUT2D eigenvalue weighted by molar-refractivity contribution is -0.136. The van der Waals surface area contributed by atoms with Gasteiger partial charge in [-0.15, -0.1) is 0 Å². The Hall–Kier alpha value is -2.63. The number of nitrogens with one attached hydrogen (secondary N) is 1. The fraction of sp³-hybridized carbons (Fsp3) is 0.267. The molecule has 110 valence electrons. The smallest absolute Gasteiger partial charge is 0.303 e. The number of ether oxygens (including phenoxy) is 1. The summed E-state index contributed by atoms with van der Waals surface area (Å²) in [7, 11) is 0. The summed E-state index contributed by atoms with van der Waals surface area (Å²) < 4.78 is 5.53. The largest absolute Gasteiger partial charge is 0.493 e. The molecule has 0 saturated carbocycles. The van der Waals surface area contributed by atoms with Crippen molar-refractivity contribution in [2.45, 2.75) is 19.8 Å². The molecule has 1 aromatic carbocycles. The maximum Gasteiger partial charge on any atom is 0.303 e. The van der Waals surface area contributed by atoms with Gasteiger partial charge in [0.05, 0.1) is 12.3 Å². The van der Waals surface area contributed by atoms with Crippen LogP contribution in [-0.2, 0) is 11.2 Å². The molecule has 21 heavy (non-hydrogen) atoms. The van der Waals surface area contributed by atoms with Gasteiger partial charge in [0, 0.05) is 17.5 Å². The second-order valence-corrected chi connectivity index (χ2v) is 4.43. The van der Waals surface area contributed by atoms with Crippen molar-refractivity contribution in [1.82, 2.24) is 10.2 Å². The van der Waals surface area contributed by atoms with Crippen LogP contribution < -0.4 is 10.3 Å². The van der Waals surface area contributed by atoms with E-state index in [1.165, 1.54) is 0 Å². The zero-order valence-electron chi connectivity index (χ0n) is 11.6. The van der Waals surface area contributed by atoms with Crippen LogP contribution in [0.1, 0.15) is 18.9 Å². The van der Waals surface area contributed by atoms with Gasteiger partial charge in [0.1, 0.15) is 5.75 Å². The minimum Gasteiger partial charge on any atom is -0.493 e. The molecule has 0 unspecified atom stereocenters. The van der Waals surface area contributed by atoms with E-state index in [1.807, 2.05) is 31.2 Å². The number of aromatic amines is 1. The van der Waals surface area contributed by atoms with E-state index >= 15 is 0 Å². The minimum absolute atomic E-state index is 0.0976. The number of hydrogen-bond acceptors (Lipinski definition) is 4. The number of carboxylic acid groups (broad SMARTS) is 1. The number of aliphatic carboxylic acids is 1. The number of aryl methyl sites for hydroxylation is 1. The van der Waals surface area contributed by atoms with Crippen molar-refractivity contribution >= 4 is 5.97 Å². The molecule has 0 bridgehead atoms. The van der Waals surface area contributed by atoms with Crippen LogP contribution in [0.5, 0.6) is 5.75 Å². The Morgan fingerprint density at radius 1 is 1.38 bits per heavy atom. The number of carbonyl (C=O) groups is 1. The van der Waals surface area contributed by atoms with E-state index in [2.05, 4.69) is 10.2 Å². The summed E-state index contributed by atoms with van der Waals surface area (Å²) in [6.45, 7) is 2.40. The van der Waals surface area contributed by atoms with Gasteiger partial charge in [0.25, 0.3) is 5.56 Å². The molecule has 6 heteroatoms. The highest BCUT2D eigenvalue weighted by atomic mass is 16.5. The number of carboxylic acids is 1. The van der Waals surface area contributed by atoms with E-state index in [9.17, 15) is 9.59 Å². The van der Waals surface area contributed by atoms with Gasteiger partial charge >= 0.3 is 5.97 Å². The molecule has 0 amide bonds. The van der Waals surface area contributed by atoms with Gasteiger partial charge in [-0.25, -0.2) is 5.10 Å². The highest BCUT2D eigenvalue weighted by molar-refractivity contribution is 5.68. The molecular formula is C15H16N2O4. The maximum atomic E-state index is 11.7. The third kappa shape index (κ3) is 3.68. The van der Waals surface area contributed by atoms with E-state index in [0.717, 1.165) is 5.56 Å². The molecule has 0 aliphatic rings. The van der Waals surface area contributed by atoms with Gasteiger partial charge in [-0.2, -0.15) is 5.10 Å². The summed E-state index contributed by atoms with van der Waals surface area (Å²) >= 11 is 0. The van der Waals surface area contributed by atoms with Gasteiger partial charge in [-0.05, 0) is 31.5 Å². The van der Waals surface area contributed by atoms with Crippen molar-refractivity contribution in [2.75, 3.05) is 6.61 Å². The second-order valence-electron chi connectivity index (χ2n) is 4.43. The lowest BCUT2D eigenvalue weighted by Crippen LogP contribution is -2.16. The third-order valence-corrected chi connectivity index (χ3v) is 2.95. The zero-order valence-corrected chi connectivity index (χ0v) is 11.6. The molecule has 2 rings (SSSR count). The Kier molecular flexibility index (Phi) is 4.71. The molecule has 6 nitrogen and oxygen atoms in total. The molecule has 2 aromatic rings. The van der Waals surface area contributed by atoms with Gasteiger partial charge in [0.15, 0.2) is 0 Å². The summed E-state index contributed by atoms with van der Waals surface area (Å²) in [5, 5.41) is 15.1. The molecule has 0 spiro atoms. The number of nitrogens with zero attached hydrogens (tertiary/aromatic N) is 1. The van der Waals surface area contributed by atoms with Crippen molar-refractivity contribution < 1.29 is 14.6 Å². The number of aromatic nitrogens is 2. The fourth-order valence-electron chi connectivity index (χ4n) is 1.97. The van der Waals surface area contributed by atoms with E-state index in [0.29, 0.717) is 23.6 Å². The van der Waals surface area contributed by atoms with Crippen LogP contribution in [0.3, 0.4) is 0 Å². The van der Waals surface area contributed by atoms with Crippen molar-refractivity contribution in [2.24, 2.45) is 0 Å². The Morgan fingerprint density at radius 3 is 2.86 bits per heavy atom. The topological polar surface area (TPSA) is 92.3 Å². The molecular weight excluding hydrogens is 272 g/mol. The van der Waals surface area contributed by atoms with Crippen LogP contribution in [0.25, 0.3) is 11.3 Å². The molecule has 2 N–H and O–H groups in total. The van der Waals surface area contributed by atoms with Crippen molar-refractivity contribution in [3.8, 4) is 17.0 Å². The third-order valence-electron chi connectivity index (χ3n) is 2.95. The van der Waals surface area contributed by atoms with Crippen LogP contribution in [0.15, 0.2) is 35.1 Å². The molecule has 0 fully saturated rings. The monoisotopic (exact) mass is 288 g/mol. The van der Waals surface area contributed by atoms with Crippen LogP contribution in [0, 0.1) is 0 Å². The summed E-state index contributed by atoms with van der Waals surface area (Å²) in [4.78, 5) is 22.3. The predicted octanol–water partition coefficient (Wildman–Crippen LogP) is 1.85. The average Bonchev–Trinajstić information content (AvgIpc) is 2.47. The highest BCUT2D eigenvalue weighted by Gasteiger charge is 2.11. The molecule has 0 atom stereocenters. The molecule has 0 aliphatic carbocycles. The first-order chi connectivity index (χ1) is 10.1. The lowest BCUT2D eigenvalue weighted by atomic mass is 10.1. The van der Waals surface area contributed by atoms with Crippen molar-refractivity contribution in [3.05, 3.63) is 46.2 Å². The molecule has 0 aliphatic heterocycles. The number of para-hydroxylation sites is 1. The first-order valence-electron chi connectivity index (χ1n) is 6.64. The SMILES string of the molecule is CCOc1ccccc1-c1cc(CCC(=O)O)c(=O)[nH]n1. The van der Waals surface area contributed by atoms with E-state index in [1.54, 1.807) is 6.07 Å². The Bertz CT molecular complexity index is 694. The fourth-order valence-corrected chi connectivity index (χ4v) is 1.97. The van der Waals surface area contributed by atoms with Gasteiger partial charge in [-0.3, -0.25) is 9.59 Å². The van der Waals surface area contributed by atoms with Crippen molar-refractivity contribution in [3.63, 3.8) is 0 Å². The summed E-state index contributed by atoms with van der Waals surface area (Å²) in [5.74, 6) is -0.272. The first-order valence-corrected chi connectivity index (χ1v) is 6.64. The van der Waals surface area contributed by atoms with Gasteiger partial charge in [0.2, 0.25) is 0 Å². The molecule has 1 heterocycles. The quantitative estimate of drug-likeness (QED) is 0.846. The maximum absolute atomic E-state index is 11.7. The normalized spacial score (nSPS) is 10.3. The minimum atomic E-state index is -0.942. The number of H-pyrrole nitrogens is 1. The summed E-state index contributed by atoms with van der Waals surface area (Å²) in [6.07, 6.45) is 0.0661. The summed E-state index contributed by atoms with van der Waals surface area (Å²) in [6, 6.07) is 8.97. The molecule has 0 saturated heterocycles. The standard InChI is InChI=1S/C15H16N2O4/c1-2-21-13-6-4-3-5-11(13)12-9-10(7-8-14(18)19)15(20)17-16-12/h3-6,9H,2,7-8H2,1H3,(H,17,20)(H,18,19). The van der Waals surface area contributed by atoms with Gasteiger partial charge in [-0.1, -0.05) is 12.1 Å². The van der Waals surface area contributed by atoms with Crippen LogP contribution >= 0.6 is 0 Å². The Labute approximate surface area is 121 Å². The van der Waals surface area contributed by atoms with Crippen molar-refractivity contribution in [1.29, 1.82) is 0 Å². The van der Waals surface area contributed by atoms with Gasteiger partial charge < -0.3 is 9.84 Å². The van der Waals surface area contributed by atoms with Crippen LogP contribution in [0.2, 0.25) is 0 Å². The lowest BCUT2D eigenvalue weighted by Gasteiger charge is -2.09. The Balaban J connectivity index is 2.38. The Morgan fingerprint density at radius 2 is 2.14 bits per heavy atom. The number of hydrogen-bond donors (Lipinski definition) is 2. The van der Waals surface area contributed by atoms with E-state index in [4.69, 9.17) is 9.84 Å². The number of rotatable bonds is 6. The second kappa shape index (κ2) is 6.69. The summed E-state index contributed by atoms with van der Waals surface area (Å²) in [5.41, 5.74) is 1.34. The van der Waals surface area contributed by atoms with Crippen LogP contribution in [0.4, 0.5) is 0 Å². The van der Waals surface area contributed by atoms with E-state index < -0.39 is 5.97 Å². The first kappa shape index (κ1) is 14.8. The highest BCUT2D eigenvalue weighted by Crippen LogP contribution is 2.28. The van der Waals surface area contributed by atoms with E-state index in [-0.39, 0.29) is 18.4 Å². The molecule has 1 aromatic heterocycles. The molecule has 0 radical (unpaired) electrons. The number of benzene rings is 1. The zero-order chi connectivity index (χ0) is 15.2. The van der Waals surface area contributed by atoms with Crippen LogP contribution in [-0.4, -0.2) is 27.9 Å². The average molecular weight is 288 g/mol.